The topological polar surface area (TPSA) is 88.1 Å². The standard InChI is InChI=1S/C12H20N2O5/c1-18-9-6-10(11(15)16)14(7-9)12(17)13-8-2-4-19-5-3-8/h8-10H,2-7H2,1H3,(H,13,17)(H,15,16). The van der Waals surface area contributed by atoms with E-state index in [9.17, 15) is 9.59 Å². The molecule has 19 heavy (non-hydrogen) atoms. The number of carbonyl (C=O) groups excluding carboxylic acids is 1. The van der Waals surface area contributed by atoms with E-state index in [0.717, 1.165) is 12.8 Å². The molecule has 0 aromatic carbocycles. The molecule has 2 rings (SSSR count). The van der Waals surface area contributed by atoms with Crippen LogP contribution in [-0.2, 0) is 14.3 Å². The molecule has 2 N–H and O–H groups in total. The van der Waals surface area contributed by atoms with Crippen LogP contribution in [0.1, 0.15) is 19.3 Å². The van der Waals surface area contributed by atoms with Crippen molar-refractivity contribution in [1.29, 1.82) is 0 Å². The van der Waals surface area contributed by atoms with E-state index in [1.807, 2.05) is 0 Å². The van der Waals surface area contributed by atoms with Crippen molar-refractivity contribution in [2.24, 2.45) is 0 Å². The zero-order valence-electron chi connectivity index (χ0n) is 11.0. The SMILES string of the molecule is COC1CC(C(=O)O)N(C(=O)NC2CCOCC2)C1. The quantitative estimate of drug-likeness (QED) is 0.758. The van der Waals surface area contributed by atoms with Gasteiger partial charge in [0.1, 0.15) is 6.04 Å². The van der Waals surface area contributed by atoms with Crippen LogP contribution in [0, 0.1) is 0 Å². The van der Waals surface area contributed by atoms with Crippen LogP contribution in [-0.4, -0.2) is 67.1 Å². The van der Waals surface area contributed by atoms with Gasteiger partial charge in [-0.15, -0.1) is 0 Å². The van der Waals surface area contributed by atoms with Gasteiger partial charge >= 0.3 is 12.0 Å². The number of rotatable bonds is 3. The highest BCUT2D eigenvalue weighted by Gasteiger charge is 2.40. The van der Waals surface area contributed by atoms with Crippen molar-refractivity contribution < 1.29 is 24.2 Å². The maximum Gasteiger partial charge on any atom is 0.326 e. The lowest BCUT2D eigenvalue weighted by Crippen LogP contribution is -2.50. The number of carboxylic acid groups (broad SMARTS) is 1. The Morgan fingerprint density at radius 1 is 1.37 bits per heavy atom. The van der Waals surface area contributed by atoms with E-state index < -0.39 is 12.0 Å². The van der Waals surface area contributed by atoms with E-state index in [4.69, 9.17) is 14.6 Å². The number of nitrogens with zero attached hydrogens (tertiary/aromatic N) is 1. The molecular formula is C12H20N2O5. The van der Waals surface area contributed by atoms with E-state index in [0.29, 0.717) is 26.2 Å². The normalized spacial score (nSPS) is 28.4. The fourth-order valence-corrected chi connectivity index (χ4v) is 2.53. The van der Waals surface area contributed by atoms with Crippen molar-refractivity contribution in [2.45, 2.75) is 37.5 Å². The first-order valence-corrected chi connectivity index (χ1v) is 6.52. The summed E-state index contributed by atoms with van der Waals surface area (Å²) < 4.78 is 10.4. The summed E-state index contributed by atoms with van der Waals surface area (Å²) in [5, 5.41) is 12.0. The number of aliphatic carboxylic acids is 1. The molecule has 2 fully saturated rings. The molecule has 0 aromatic rings. The summed E-state index contributed by atoms with van der Waals surface area (Å²) in [5.74, 6) is -0.985. The lowest BCUT2D eigenvalue weighted by Gasteiger charge is -2.27. The molecule has 2 amide bonds. The Hall–Kier alpha value is -1.34. The van der Waals surface area contributed by atoms with Crippen LogP contribution in [0.15, 0.2) is 0 Å². The van der Waals surface area contributed by atoms with Crippen molar-refractivity contribution in [1.82, 2.24) is 10.2 Å². The number of hydrogen-bond acceptors (Lipinski definition) is 4. The zero-order chi connectivity index (χ0) is 13.8. The largest absolute Gasteiger partial charge is 0.480 e. The van der Waals surface area contributed by atoms with Gasteiger partial charge in [-0.05, 0) is 12.8 Å². The summed E-state index contributed by atoms with van der Waals surface area (Å²) in [4.78, 5) is 24.7. The van der Waals surface area contributed by atoms with E-state index in [1.165, 1.54) is 12.0 Å². The van der Waals surface area contributed by atoms with Crippen LogP contribution >= 0.6 is 0 Å². The van der Waals surface area contributed by atoms with E-state index >= 15 is 0 Å². The van der Waals surface area contributed by atoms with E-state index in [-0.39, 0.29) is 18.2 Å². The third kappa shape index (κ3) is 3.36. The molecule has 0 bridgehead atoms. The van der Waals surface area contributed by atoms with E-state index in [2.05, 4.69) is 5.32 Å². The molecule has 2 saturated heterocycles. The predicted molar refractivity (Wildman–Crippen MR) is 65.9 cm³/mol. The fraction of sp³-hybridized carbons (Fsp3) is 0.833. The second-order valence-corrected chi connectivity index (χ2v) is 4.94. The number of urea groups is 1. The van der Waals surface area contributed by atoms with Crippen LogP contribution < -0.4 is 5.32 Å². The number of carbonyl (C=O) groups is 2. The lowest BCUT2D eigenvalue weighted by molar-refractivity contribution is -0.141. The van der Waals surface area contributed by atoms with Crippen molar-refractivity contribution in [3.8, 4) is 0 Å². The summed E-state index contributed by atoms with van der Waals surface area (Å²) in [7, 11) is 1.53. The maximum absolute atomic E-state index is 12.1. The Kier molecular flexibility index (Phi) is 4.60. The Morgan fingerprint density at radius 3 is 2.63 bits per heavy atom. The molecule has 0 aromatic heterocycles. The van der Waals surface area contributed by atoms with Gasteiger partial charge < -0.3 is 24.8 Å². The molecule has 0 aliphatic carbocycles. The van der Waals surface area contributed by atoms with Gasteiger partial charge in [0.25, 0.3) is 0 Å². The van der Waals surface area contributed by atoms with Crippen molar-refractivity contribution in [3.63, 3.8) is 0 Å². The Bertz CT molecular complexity index is 343. The zero-order valence-corrected chi connectivity index (χ0v) is 11.0. The van der Waals surface area contributed by atoms with Crippen LogP contribution in [0.2, 0.25) is 0 Å². The minimum atomic E-state index is -0.985. The highest BCUT2D eigenvalue weighted by Crippen LogP contribution is 2.21. The van der Waals surface area contributed by atoms with Gasteiger partial charge in [0.2, 0.25) is 0 Å². The van der Waals surface area contributed by atoms with Gasteiger partial charge in [-0.3, -0.25) is 0 Å². The first-order chi connectivity index (χ1) is 9.11. The average Bonchev–Trinajstić information content (AvgIpc) is 2.84. The van der Waals surface area contributed by atoms with Gasteiger partial charge in [-0.25, -0.2) is 9.59 Å². The molecule has 2 aliphatic rings. The first-order valence-electron chi connectivity index (χ1n) is 6.52. The van der Waals surface area contributed by atoms with Gasteiger partial charge in [-0.2, -0.15) is 0 Å². The maximum atomic E-state index is 12.1. The summed E-state index contributed by atoms with van der Waals surface area (Å²) in [6.07, 6.45) is 1.67. The number of amides is 2. The Morgan fingerprint density at radius 2 is 2.05 bits per heavy atom. The van der Waals surface area contributed by atoms with Gasteiger partial charge in [0.15, 0.2) is 0 Å². The Balaban J connectivity index is 1.94. The van der Waals surface area contributed by atoms with Gasteiger partial charge in [-0.1, -0.05) is 0 Å². The molecule has 2 unspecified atom stereocenters. The van der Waals surface area contributed by atoms with Crippen LogP contribution in [0.3, 0.4) is 0 Å². The van der Waals surface area contributed by atoms with E-state index in [1.54, 1.807) is 0 Å². The number of likely N-dealkylation sites (tertiary alicyclic amines) is 1. The van der Waals surface area contributed by atoms with Crippen LogP contribution in [0.5, 0.6) is 0 Å². The number of hydrogen-bond donors (Lipinski definition) is 2. The van der Waals surface area contributed by atoms with Crippen LogP contribution in [0.25, 0.3) is 0 Å². The highest BCUT2D eigenvalue weighted by atomic mass is 16.5. The first kappa shape index (κ1) is 14.1. The van der Waals surface area contributed by atoms with Crippen LogP contribution in [0.4, 0.5) is 4.79 Å². The summed E-state index contributed by atoms with van der Waals surface area (Å²) in [6, 6.07) is -1.05. The summed E-state index contributed by atoms with van der Waals surface area (Å²) in [5.41, 5.74) is 0. The minimum Gasteiger partial charge on any atom is -0.480 e. The third-order valence-electron chi connectivity index (χ3n) is 3.69. The molecule has 0 spiro atoms. The Labute approximate surface area is 111 Å². The average molecular weight is 272 g/mol. The second-order valence-electron chi connectivity index (χ2n) is 4.94. The molecule has 2 atom stereocenters. The molecule has 2 aliphatic heterocycles. The minimum absolute atomic E-state index is 0.0669. The monoisotopic (exact) mass is 272 g/mol. The molecule has 2 heterocycles. The predicted octanol–water partition coefficient (Wildman–Crippen LogP) is 0.0489. The fourth-order valence-electron chi connectivity index (χ4n) is 2.53. The van der Waals surface area contributed by atoms with Crippen molar-refractivity contribution in [2.75, 3.05) is 26.9 Å². The second kappa shape index (κ2) is 6.21. The molecule has 7 nitrogen and oxygen atoms in total. The van der Waals surface area contributed by atoms with Gasteiger partial charge in [0, 0.05) is 39.3 Å². The smallest absolute Gasteiger partial charge is 0.326 e. The molecule has 7 heteroatoms. The van der Waals surface area contributed by atoms with Gasteiger partial charge in [0.05, 0.1) is 6.10 Å². The number of methoxy groups -OCH3 is 1. The molecular weight excluding hydrogens is 252 g/mol. The molecule has 0 radical (unpaired) electrons. The third-order valence-corrected chi connectivity index (χ3v) is 3.69. The number of nitrogens with one attached hydrogen (secondary N) is 1. The highest BCUT2D eigenvalue weighted by molar-refractivity contribution is 5.83. The van der Waals surface area contributed by atoms with Crippen molar-refractivity contribution in [3.05, 3.63) is 0 Å². The molecule has 108 valence electrons. The molecule has 0 saturated carbocycles. The summed E-state index contributed by atoms with van der Waals surface area (Å²) >= 11 is 0. The summed E-state index contributed by atoms with van der Waals surface area (Å²) in [6.45, 7) is 1.59. The number of carboxylic acids is 1. The lowest BCUT2D eigenvalue weighted by atomic mass is 10.1. The number of ether oxygens (including phenoxy) is 2. The van der Waals surface area contributed by atoms with Crippen molar-refractivity contribution >= 4 is 12.0 Å².